The Hall–Kier alpha value is -5.41. The Bertz CT molecular complexity index is 2290. The highest BCUT2D eigenvalue weighted by atomic mass is 35.5. The monoisotopic (exact) mass is 1180 g/mol. The summed E-state index contributed by atoms with van der Waals surface area (Å²) in [5.74, 6) is 1.57. The molecule has 5 unspecified atom stereocenters. The lowest BCUT2D eigenvalue weighted by Gasteiger charge is -2.17. The Balaban J connectivity index is -0.000000878. The number of hydrogen-bond acceptors (Lipinski definition) is 11. The highest BCUT2D eigenvalue weighted by Crippen LogP contribution is 2.31. The number of ether oxygens (including phenoxy) is 4. The maximum absolute atomic E-state index is 9.50. The minimum atomic E-state index is -0.781. The van der Waals surface area contributed by atoms with Crippen LogP contribution in [-0.2, 0) is 31.8 Å². The minimum Gasteiger partial charge on any atom is -0.471 e. The Morgan fingerprint density at radius 3 is 1.22 bits per heavy atom. The van der Waals surface area contributed by atoms with Gasteiger partial charge >= 0.3 is 0 Å². The van der Waals surface area contributed by atoms with Gasteiger partial charge in [0, 0.05) is 26.6 Å². The van der Waals surface area contributed by atoms with E-state index in [1.165, 1.54) is 16.7 Å². The molecule has 0 aromatic heterocycles. The van der Waals surface area contributed by atoms with E-state index in [4.69, 9.17) is 64.8 Å². The maximum Gasteiger partial charge on any atom is 0.184 e. The number of aliphatic hydroxyl groups excluding tert-OH is 3. The van der Waals surface area contributed by atoms with Gasteiger partial charge in [0.15, 0.2) is 11.8 Å². The SMILES string of the molecule is C.C.C=C.CCC1=NC(CO)C(c2ccccc2)O1.CCC1=NC(COC)C(c2ccccc2)O1.CCOC(CC)NCl.CCc1ccccc1.CCc1ccccc1.Cc1ccccc1.ClCCl.N[C@@H](CO)[C@H](O)c1ccccc1. The van der Waals surface area contributed by atoms with E-state index in [-0.39, 0.29) is 63.9 Å². The third-order valence-electron chi connectivity index (χ3n) is 11.3. The zero-order chi connectivity index (χ0) is 58.9. The Morgan fingerprint density at radius 1 is 0.593 bits per heavy atom. The van der Waals surface area contributed by atoms with Gasteiger partial charge in [0.2, 0.25) is 0 Å². The molecule has 0 spiro atoms. The molecule has 0 saturated heterocycles. The number of nitrogens with zero attached hydrogens (tertiary/aromatic N) is 2. The van der Waals surface area contributed by atoms with E-state index in [1.54, 1.807) is 19.2 Å². The van der Waals surface area contributed by atoms with Crippen LogP contribution in [0.5, 0.6) is 0 Å². The molecule has 0 saturated carbocycles. The molecule has 8 rings (SSSR count). The van der Waals surface area contributed by atoms with E-state index in [0.29, 0.717) is 13.2 Å². The van der Waals surface area contributed by atoms with Crippen LogP contribution in [0.15, 0.2) is 205 Å². The third kappa shape index (κ3) is 35.9. The fourth-order valence-electron chi connectivity index (χ4n) is 7.05. The van der Waals surface area contributed by atoms with Crippen molar-refractivity contribution in [2.75, 3.05) is 38.9 Å². The van der Waals surface area contributed by atoms with Crippen molar-refractivity contribution in [2.45, 2.75) is 138 Å². The maximum atomic E-state index is 9.50. The molecule has 11 nitrogen and oxygen atoms in total. The molecule has 0 amide bonds. The summed E-state index contributed by atoms with van der Waals surface area (Å²) in [6, 6.07) is 59.7. The van der Waals surface area contributed by atoms with Crippen LogP contribution >= 0.6 is 35.0 Å². The van der Waals surface area contributed by atoms with Crippen LogP contribution in [0.3, 0.4) is 0 Å². The van der Waals surface area contributed by atoms with Crippen molar-refractivity contribution in [3.05, 3.63) is 229 Å². The van der Waals surface area contributed by atoms with Crippen LogP contribution in [0.4, 0.5) is 0 Å². The number of halogens is 3. The van der Waals surface area contributed by atoms with Crippen LogP contribution in [0.2, 0.25) is 0 Å². The van der Waals surface area contributed by atoms with Gasteiger partial charge in [0.1, 0.15) is 30.5 Å². The minimum absolute atomic E-state index is 0. The van der Waals surface area contributed by atoms with Gasteiger partial charge < -0.3 is 40.0 Å². The molecule has 0 bridgehead atoms. The number of rotatable bonds is 16. The van der Waals surface area contributed by atoms with Gasteiger partial charge in [-0.25, -0.2) is 14.8 Å². The van der Waals surface area contributed by atoms with Crippen molar-refractivity contribution >= 4 is 46.8 Å². The van der Waals surface area contributed by atoms with Crippen molar-refractivity contribution in [1.82, 2.24) is 4.84 Å². The summed E-state index contributed by atoms with van der Waals surface area (Å²) >= 11 is 14.8. The predicted molar refractivity (Wildman–Crippen MR) is 348 cm³/mol. The Labute approximate surface area is 504 Å². The molecule has 6 aromatic rings. The predicted octanol–water partition coefficient (Wildman–Crippen LogP) is 16.0. The number of aliphatic hydroxyl groups is 3. The Kier molecular flexibility index (Phi) is 53.1. The lowest BCUT2D eigenvalue weighted by Crippen LogP contribution is -2.31. The molecular formula is C67H99Cl3N4O7. The first-order valence-electron chi connectivity index (χ1n) is 26.9. The highest BCUT2D eigenvalue weighted by Gasteiger charge is 2.32. The van der Waals surface area contributed by atoms with Gasteiger partial charge in [-0.2, -0.15) is 0 Å². The van der Waals surface area contributed by atoms with Gasteiger partial charge in [-0.3, -0.25) is 0 Å². The molecule has 450 valence electrons. The second-order valence-corrected chi connectivity index (χ2v) is 18.0. The van der Waals surface area contributed by atoms with Gasteiger partial charge in [0.25, 0.3) is 0 Å². The van der Waals surface area contributed by atoms with E-state index in [1.807, 2.05) is 118 Å². The van der Waals surface area contributed by atoms with Crippen LogP contribution < -0.4 is 10.6 Å². The first-order valence-corrected chi connectivity index (χ1v) is 28.4. The number of aryl methyl sites for hydroxylation is 3. The average molecular weight is 1180 g/mol. The molecule has 6 N–H and O–H groups in total. The number of aliphatic imine (C=N–C) groups is 2. The van der Waals surface area contributed by atoms with Crippen molar-refractivity contribution in [3.63, 3.8) is 0 Å². The summed E-state index contributed by atoms with van der Waals surface area (Å²) in [6.45, 7) is 21.5. The number of benzene rings is 6. The smallest absolute Gasteiger partial charge is 0.184 e. The zero-order valence-electron chi connectivity index (χ0n) is 47.9. The van der Waals surface area contributed by atoms with Crippen LogP contribution in [-0.4, -0.2) is 90.3 Å². The summed E-state index contributed by atoms with van der Waals surface area (Å²) in [5.41, 5.74) is 12.6. The van der Waals surface area contributed by atoms with Crippen molar-refractivity contribution in [3.8, 4) is 0 Å². The molecule has 0 radical (unpaired) electrons. The van der Waals surface area contributed by atoms with E-state index >= 15 is 0 Å². The van der Waals surface area contributed by atoms with Crippen molar-refractivity contribution in [1.29, 1.82) is 0 Å². The fraction of sp³-hybridized carbons (Fsp3) is 0.403. The summed E-state index contributed by atoms with van der Waals surface area (Å²) < 4.78 is 21.8. The van der Waals surface area contributed by atoms with Gasteiger partial charge in [-0.15, -0.1) is 36.4 Å². The van der Waals surface area contributed by atoms with E-state index in [2.05, 4.69) is 128 Å². The first kappa shape index (κ1) is 79.8. The molecule has 14 heteroatoms. The van der Waals surface area contributed by atoms with E-state index in [9.17, 15) is 10.2 Å². The third-order valence-corrected chi connectivity index (χ3v) is 11.5. The largest absolute Gasteiger partial charge is 0.471 e. The number of nitrogens with one attached hydrogen (secondary N) is 1. The van der Waals surface area contributed by atoms with Crippen LogP contribution in [0.1, 0.15) is 127 Å². The van der Waals surface area contributed by atoms with Crippen LogP contribution in [0, 0.1) is 6.92 Å². The molecule has 0 aliphatic carbocycles. The Morgan fingerprint density at radius 2 is 0.951 bits per heavy atom. The summed E-state index contributed by atoms with van der Waals surface area (Å²) in [5, 5.41) is 27.6. The summed E-state index contributed by atoms with van der Waals surface area (Å²) in [6.07, 6.45) is 3.92. The average Bonchev–Trinajstić information content (AvgIpc) is 4.16. The quantitative estimate of drug-likeness (QED) is 0.0275. The van der Waals surface area contributed by atoms with Gasteiger partial charge in [-0.1, -0.05) is 237 Å². The van der Waals surface area contributed by atoms with Gasteiger partial charge in [-0.05, 0) is 72.7 Å². The molecule has 2 aliphatic rings. The number of hydrogen-bond donors (Lipinski definition) is 5. The summed E-state index contributed by atoms with van der Waals surface area (Å²) in [7, 11) is 1.70. The van der Waals surface area contributed by atoms with E-state index in [0.717, 1.165) is 60.6 Å². The second-order valence-electron chi connectivity index (χ2n) is 17.0. The van der Waals surface area contributed by atoms with Crippen LogP contribution in [0.25, 0.3) is 0 Å². The van der Waals surface area contributed by atoms with E-state index < -0.39 is 12.1 Å². The molecule has 7 atom stereocenters. The standard InChI is InChI=1S/C13H17NO2.C12H15NO2.C9H13NO2.2C8H10.C7H8.C5H12ClNO.C2H4.CH2Cl2.2CH4/c1-3-12-14-11(9-15-2)13(16-12)10-7-5-4-6-8-10;1-2-11-13-10(8-14)12(15-11)9-6-4-3-5-7-9;10-8(6-11)9(12)7-4-2-1-3-5-7;2*1-2-8-6-4-3-5-7-8;1-7-5-3-2-4-6-7;1-3-5(7-6)8-4-2;1-2;2-1-3;;/h4-8,11,13H,3,9H2,1-2H3;3-7,10,12,14H,2,8H2,1H3;1-5,8-9,11-12H,6,10H2;2*3-7H,2H2,1H3;2-6H,1H3;5,7H,3-4H2,1-2H3;1-2H2;1H2;2*1H4/t;;8-,9+;;;;;;;;/m..0......../s1. The topological polar surface area (TPSA) is 160 Å². The molecule has 0 fully saturated rings. The van der Waals surface area contributed by atoms with Crippen molar-refractivity contribution < 1.29 is 34.3 Å². The molecule has 6 aromatic carbocycles. The molecular weight excluding hydrogens is 1080 g/mol. The summed E-state index contributed by atoms with van der Waals surface area (Å²) in [4.78, 5) is 11.4. The zero-order valence-corrected chi connectivity index (χ0v) is 50.2. The fourth-order valence-corrected chi connectivity index (χ4v) is 7.27. The first-order chi connectivity index (χ1) is 38.5. The lowest BCUT2D eigenvalue weighted by molar-refractivity contribution is 0.0531. The number of alkyl halides is 2. The number of methoxy groups -OCH3 is 1. The normalized spacial score (nSPS) is 15.8. The highest BCUT2D eigenvalue weighted by molar-refractivity contribution is 6.40. The molecule has 81 heavy (non-hydrogen) atoms. The van der Waals surface area contributed by atoms with Gasteiger partial charge in [0.05, 0.1) is 37.3 Å². The second kappa shape index (κ2) is 53.9. The lowest BCUT2D eigenvalue weighted by atomic mass is 10.0. The number of nitrogens with two attached hydrogens (primary N) is 1. The molecule has 2 aliphatic heterocycles. The van der Waals surface area contributed by atoms with Crippen molar-refractivity contribution in [2.24, 2.45) is 15.7 Å². The molecule has 2 heterocycles.